The van der Waals surface area contributed by atoms with Crippen molar-refractivity contribution >= 4 is 0 Å². The largest absolute Gasteiger partial charge is 0.388 e. The first kappa shape index (κ1) is 30.8. The van der Waals surface area contributed by atoms with E-state index in [0.717, 1.165) is 50.7 Å². The van der Waals surface area contributed by atoms with Gasteiger partial charge >= 0.3 is 0 Å². The summed E-state index contributed by atoms with van der Waals surface area (Å²) in [6.07, 6.45) is 11.8. The normalized spacial score (nSPS) is 30.0. The molecule has 198 valence electrons. The van der Waals surface area contributed by atoms with E-state index >= 15 is 0 Å². The summed E-state index contributed by atoms with van der Waals surface area (Å²) in [6.45, 7) is 12.7. The fourth-order valence-electron chi connectivity index (χ4n) is 5.02. The van der Waals surface area contributed by atoms with Crippen LogP contribution in [0.15, 0.2) is 0 Å². The SMILES string of the molecule is CCCCC1CCC(OCC)C(OCCOCCOC2CC(C)CCC2OCC)C1.COC. The van der Waals surface area contributed by atoms with Gasteiger partial charge < -0.3 is 28.4 Å². The van der Waals surface area contributed by atoms with Crippen molar-refractivity contribution in [2.24, 2.45) is 11.8 Å². The van der Waals surface area contributed by atoms with Gasteiger partial charge in [-0.3, -0.25) is 0 Å². The van der Waals surface area contributed by atoms with Crippen LogP contribution in [0.5, 0.6) is 0 Å². The Morgan fingerprint density at radius 3 is 1.73 bits per heavy atom. The number of methoxy groups -OCH3 is 1. The second-order valence-corrected chi connectivity index (χ2v) is 9.57. The monoisotopic (exact) mass is 474 g/mol. The Kier molecular flexibility index (Phi) is 18.7. The number of hydrogen-bond acceptors (Lipinski definition) is 6. The maximum absolute atomic E-state index is 6.21. The predicted octanol–water partition coefficient (Wildman–Crippen LogP) is 5.66. The zero-order valence-electron chi connectivity index (χ0n) is 22.5. The molecule has 0 bridgehead atoms. The van der Waals surface area contributed by atoms with Crippen LogP contribution in [0.25, 0.3) is 0 Å². The van der Waals surface area contributed by atoms with Crippen molar-refractivity contribution in [1.29, 1.82) is 0 Å². The Bertz CT molecular complexity index is 435. The lowest BCUT2D eigenvalue weighted by Crippen LogP contribution is -2.39. The number of unbranched alkanes of at least 4 members (excludes halogenated alkanes) is 1. The molecule has 0 aromatic rings. The molecular formula is C27H54O6. The third-order valence-electron chi connectivity index (χ3n) is 6.68. The highest BCUT2D eigenvalue weighted by atomic mass is 16.6. The highest BCUT2D eigenvalue weighted by Gasteiger charge is 2.31. The van der Waals surface area contributed by atoms with Crippen molar-refractivity contribution in [2.45, 2.75) is 110 Å². The van der Waals surface area contributed by atoms with Crippen molar-refractivity contribution in [3.8, 4) is 0 Å². The lowest BCUT2D eigenvalue weighted by Gasteiger charge is -2.36. The van der Waals surface area contributed by atoms with Gasteiger partial charge in [-0.05, 0) is 64.2 Å². The first-order chi connectivity index (χ1) is 16.1. The molecule has 0 N–H and O–H groups in total. The molecule has 6 atom stereocenters. The molecule has 0 aliphatic heterocycles. The average molecular weight is 475 g/mol. The molecular weight excluding hydrogens is 420 g/mol. The van der Waals surface area contributed by atoms with Gasteiger partial charge in [-0.25, -0.2) is 0 Å². The van der Waals surface area contributed by atoms with Crippen molar-refractivity contribution in [3.63, 3.8) is 0 Å². The molecule has 6 nitrogen and oxygen atoms in total. The van der Waals surface area contributed by atoms with Gasteiger partial charge in [-0.1, -0.05) is 33.1 Å². The van der Waals surface area contributed by atoms with Crippen LogP contribution in [0.4, 0.5) is 0 Å². The van der Waals surface area contributed by atoms with Crippen LogP contribution in [0.1, 0.15) is 85.5 Å². The fourth-order valence-corrected chi connectivity index (χ4v) is 5.02. The van der Waals surface area contributed by atoms with Crippen LogP contribution in [0, 0.1) is 11.8 Å². The van der Waals surface area contributed by atoms with Gasteiger partial charge in [-0.2, -0.15) is 0 Å². The van der Waals surface area contributed by atoms with E-state index in [2.05, 4.69) is 32.4 Å². The van der Waals surface area contributed by atoms with E-state index in [-0.39, 0.29) is 24.4 Å². The molecule has 2 aliphatic rings. The van der Waals surface area contributed by atoms with E-state index in [1.54, 1.807) is 14.2 Å². The molecule has 0 aromatic heterocycles. The summed E-state index contributed by atoms with van der Waals surface area (Å²) < 4.78 is 34.2. The average Bonchev–Trinajstić information content (AvgIpc) is 2.80. The highest BCUT2D eigenvalue weighted by molar-refractivity contribution is 4.82. The van der Waals surface area contributed by atoms with Crippen molar-refractivity contribution in [2.75, 3.05) is 53.9 Å². The quantitative estimate of drug-likeness (QED) is 0.286. The van der Waals surface area contributed by atoms with Crippen LogP contribution < -0.4 is 0 Å². The number of rotatable bonds is 15. The molecule has 0 amide bonds. The van der Waals surface area contributed by atoms with Gasteiger partial charge in [0.2, 0.25) is 0 Å². The molecule has 0 saturated heterocycles. The Morgan fingerprint density at radius 1 is 0.636 bits per heavy atom. The minimum Gasteiger partial charge on any atom is -0.388 e. The lowest BCUT2D eigenvalue weighted by atomic mass is 9.82. The van der Waals surface area contributed by atoms with Gasteiger partial charge in [-0.15, -0.1) is 0 Å². The molecule has 2 rings (SSSR count). The highest BCUT2D eigenvalue weighted by Crippen LogP contribution is 2.32. The van der Waals surface area contributed by atoms with Gasteiger partial charge in [0.15, 0.2) is 0 Å². The minimum atomic E-state index is 0.211. The van der Waals surface area contributed by atoms with E-state index in [9.17, 15) is 0 Å². The third kappa shape index (κ3) is 13.4. The lowest BCUT2D eigenvalue weighted by molar-refractivity contribution is -0.120. The summed E-state index contributed by atoms with van der Waals surface area (Å²) >= 11 is 0. The molecule has 2 fully saturated rings. The maximum Gasteiger partial charge on any atom is 0.0840 e. The third-order valence-corrected chi connectivity index (χ3v) is 6.68. The van der Waals surface area contributed by atoms with Crippen molar-refractivity contribution in [3.05, 3.63) is 0 Å². The van der Waals surface area contributed by atoms with Crippen LogP contribution >= 0.6 is 0 Å². The predicted molar refractivity (Wildman–Crippen MR) is 134 cm³/mol. The summed E-state index contributed by atoms with van der Waals surface area (Å²) in [5.41, 5.74) is 0. The van der Waals surface area contributed by atoms with E-state index in [4.69, 9.17) is 23.7 Å². The second-order valence-electron chi connectivity index (χ2n) is 9.57. The maximum atomic E-state index is 6.21. The van der Waals surface area contributed by atoms with Crippen molar-refractivity contribution < 1.29 is 28.4 Å². The Balaban J connectivity index is 0.00000172. The molecule has 2 saturated carbocycles. The Labute approximate surface area is 204 Å². The molecule has 0 spiro atoms. The van der Waals surface area contributed by atoms with E-state index < -0.39 is 0 Å². The Hall–Kier alpha value is -0.240. The molecule has 0 aromatic carbocycles. The van der Waals surface area contributed by atoms with Gasteiger partial charge in [0.25, 0.3) is 0 Å². The molecule has 2 aliphatic carbocycles. The van der Waals surface area contributed by atoms with Gasteiger partial charge in [0.05, 0.1) is 50.8 Å². The molecule has 0 heterocycles. The molecule has 0 radical (unpaired) electrons. The summed E-state index contributed by atoms with van der Waals surface area (Å²) in [7, 11) is 3.25. The van der Waals surface area contributed by atoms with Crippen LogP contribution in [0.2, 0.25) is 0 Å². The summed E-state index contributed by atoms with van der Waals surface area (Å²) in [4.78, 5) is 0. The van der Waals surface area contributed by atoms with Crippen LogP contribution in [-0.2, 0) is 28.4 Å². The topological polar surface area (TPSA) is 55.4 Å². The zero-order valence-corrected chi connectivity index (χ0v) is 22.5. The van der Waals surface area contributed by atoms with Crippen LogP contribution in [0.3, 0.4) is 0 Å². The molecule has 6 unspecified atom stereocenters. The summed E-state index contributed by atoms with van der Waals surface area (Å²) in [5, 5.41) is 0. The smallest absolute Gasteiger partial charge is 0.0840 e. The van der Waals surface area contributed by atoms with E-state index in [0.29, 0.717) is 26.4 Å². The van der Waals surface area contributed by atoms with Crippen LogP contribution in [-0.4, -0.2) is 78.3 Å². The summed E-state index contributed by atoms with van der Waals surface area (Å²) in [5.74, 6) is 1.51. The number of hydrogen-bond donors (Lipinski definition) is 0. The minimum absolute atomic E-state index is 0.211. The Morgan fingerprint density at radius 2 is 1.18 bits per heavy atom. The number of ether oxygens (including phenoxy) is 6. The first-order valence-corrected chi connectivity index (χ1v) is 13.5. The van der Waals surface area contributed by atoms with E-state index in [1.807, 2.05) is 0 Å². The molecule has 6 heteroatoms. The van der Waals surface area contributed by atoms with Gasteiger partial charge in [0.1, 0.15) is 0 Å². The molecule has 33 heavy (non-hydrogen) atoms. The standard InChI is InChI=1S/C25H48O5.C2H6O/c1-5-8-9-21-11-13-23(28-7-3)25(19-21)30-17-15-26-14-16-29-24-18-20(4)10-12-22(24)27-6-2;1-3-2/h20-25H,5-19H2,1-4H3;1-2H3. The van der Waals surface area contributed by atoms with E-state index in [1.165, 1.54) is 32.1 Å². The fraction of sp³-hybridized carbons (Fsp3) is 1.00. The first-order valence-electron chi connectivity index (χ1n) is 13.5. The van der Waals surface area contributed by atoms with Crippen molar-refractivity contribution in [1.82, 2.24) is 0 Å². The second kappa shape index (κ2) is 20.0. The summed E-state index contributed by atoms with van der Waals surface area (Å²) in [6, 6.07) is 0. The zero-order chi connectivity index (χ0) is 24.3. The van der Waals surface area contributed by atoms with Gasteiger partial charge in [0, 0.05) is 27.4 Å².